The van der Waals surface area contributed by atoms with Crippen LogP contribution in [-0.2, 0) is 20.0 Å². The summed E-state index contributed by atoms with van der Waals surface area (Å²) in [7, 11) is 0. The normalized spacial score (nSPS) is 29.9. The topological polar surface area (TPSA) is 0 Å². The summed E-state index contributed by atoms with van der Waals surface area (Å²) in [5, 5.41) is 0. The van der Waals surface area contributed by atoms with Crippen LogP contribution < -0.4 is 0 Å². The van der Waals surface area contributed by atoms with Gasteiger partial charge in [0, 0.05) is 0 Å². The van der Waals surface area contributed by atoms with E-state index in [0.29, 0.717) is 0 Å². The van der Waals surface area contributed by atoms with Crippen molar-refractivity contribution < 1.29 is 20.0 Å². The van der Waals surface area contributed by atoms with Crippen molar-refractivity contribution in [3.63, 3.8) is 0 Å². The van der Waals surface area contributed by atoms with Gasteiger partial charge in [-0.15, -0.1) is 0 Å². The van der Waals surface area contributed by atoms with Gasteiger partial charge < -0.3 is 0 Å². The Morgan fingerprint density at radius 2 is 1.60 bits per heavy atom. The monoisotopic (exact) mass is 300 g/mol. The molecule has 2 aromatic rings. The van der Waals surface area contributed by atoms with E-state index < -0.39 is 0 Å². The van der Waals surface area contributed by atoms with Crippen molar-refractivity contribution in [2.45, 2.75) is 32.6 Å². The standard InChI is InChI=1S/C9H14.2C5H5.Ti/c1-7-5-8-3-4-9(7,2)6-8;2*1-2-4-5-3-1;/h1,7-8H,3-6H2,2H3;2*1-5H;/q;2*-1;+2. The summed E-state index contributed by atoms with van der Waals surface area (Å²) in [6.45, 7) is 2.48. The Hall–Kier alpha value is -0.716. The largest absolute Gasteiger partial charge is 0.214 e. The van der Waals surface area contributed by atoms with Crippen molar-refractivity contribution in [1.82, 2.24) is 0 Å². The smallest absolute Gasteiger partial charge is 0.172 e. The van der Waals surface area contributed by atoms with E-state index in [1.807, 2.05) is 60.7 Å². The molecule has 2 bridgehead atoms. The molecule has 104 valence electrons. The molecule has 0 aromatic heterocycles. The molecule has 2 aliphatic rings. The Kier molecular flexibility index (Phi) is 6.19. The van der Waals surface area contributed by atoms with E-state index in [4.69, 9.17) is 0 Å². The van der Waals surface area contributed by atoms with Crippen molar-refractivity contribution in [2.24, 2.45) is 17.3 Å². The zero-order valence-electron chi connectivity index (χ0n) is 12.3. The van der Waals surface area contributed by atoms with Crippen LogP contribution in [0.5, 0.6) is 0 Å². The summed E-state index contributed by atoms with van der Waals surface area (Å²) >= 11 is 2.23. The maximum Gasteiger partial charge on any atom is -0.172 e. The van der Waals surface area contributed by atoms with E-state index in [0.717, 1.165) is 17.3 Å². The van der Waals surface area contributed by atoms with Crippen molar-refractivity contribution in [1.29, 1.82) is 0 Å². The first-order valence-corrected chi connectivity index (χ1v) is 8.49. The van der Waals surface area contributed by atoms with Crippen LogP contribution >= 0.6 is 0 Å². The van der Waals surface area contributed by atoms with Crippen LogP contribution in [0, 0.1) is 17.3 Å². The van der Waals surface area contributed by atoms with Crippen LogP contribution in [0.15, 0.2) is 60.7 Å². The van der Waals surface area contributed by atoms with Gasteiger partial charge in [0.2, 0.25) is 0 Å². The van der Waals surface area contributed by atoms with Gasteiger partial charge in [-0.2, -0.15) is 36.4 Å². The summed E-state index contributed by atoms with van der Waals surface area (Å²) in [6, 6.07) is 20.0. The Morgan fingerprint density at radius 3 is 1.80 bits per heavy atom. The summed E-state index contributed by atoms with van der Waals surface area (Å²) < 4.78 is 2.43. The van der Waals surface area contributed by atoms with Gasteiger partial charge in [-0.3, -0.25) is 0 Å². The van der Waals surface area contributed by atoms with E-state index in [1.165, 1.54) is 25.7 Å². The summed E-state index contributed by atoms with van der Waals surface area (Å²) in [4.78, 5) is 0. The molecule has 4 rings (SSSR count). The van der Waals surface area contributed by atoms with Crippen LogP contribution in [0.1, 0.15) is 32.6 Å². The first kappa shape index (κ1) is 15.7. The third kappa shape index (κ3) is 4.40. The van der Waals surface area contributed by atoms with Gasteiger partial charge in [0.1, 0.15) is 0 Å². The molecular weight excluding hydrogens is 276 g/mol. The summed E-state index contributed by atoms with van der Waals surface area (Å²) in [6.07, 6.45) is 6.02. The number of hydrogen-bond acceptors (Lipinski definition) is 0. The van der Waals surface area contributed by atoms with Gasteiger partial charge in [-0.05, 0) is 0 Å². The van der Waals surface area contributed by atoms with Crippen LogP contribution in [0.4, 0.5) is 0 Å². The average Bonchev–Trinajstić information content (AvgIpc) is 3.21. The van der Waals surface area contributed by atoms with Gasteiger partial charge in [-0.1, -0.05) is 0 Å². The minimum absolute atomic E-state index is 0.722. The first-order valence-electron chi connectivity index (χ1n) is 7.58. The third-order valence-electron chi connectivity index (χ3n) is 4.67. The van der Waals surface area contributed by atoms with E-state index in [9.17, 15) is 0 Å². The molecule has 2 aliphatic carbocycles. The van der Waals surface area contributed by atoms with Gasteiger partial charge in [-0.25, -0.2) is 24.3 Å². The van der Waals surface area contributed by atoms with Crippen LogP contribution in [-0.4, -0.2) is 4.31 Å². The molecular formula is C19H24Ti. The summed E-state index contributed by atoms with van der Waals surface area (Å²) in [5.74, 6) is 2.04. The van der Waals surface area contributed by atoms with Gasteiger partial charge in [0.25, 0.3) is 0 Å². The summed E-state index contributed by atoms with van der Waals surface area (Å²) in [5.41, 5.74) is 0.722. The Labute approximate surface area is 134 Å². The van der Waals surface area contributed by atoms with Crippen molar-refractivity contribution in [3.8, 4) is 0 Å². The second-order valence-electron chi connectivity index (χ2n) is 6.20. The fourth-order valence-corrected chi connectivity index (χ4v) is 4.33. The minimum atomic E-state index is 0.722. The molecule has 2 aromatic carbocycles. The van der Waals surface area contributed by atoms with E-state index >= 15 is 0 Å². The maximum absolute atomic E-state index is 2.48. The predicted octanol–water partition coefficient (Wildman–Crippen LogP) is 4.97. The maximum atomic E-state index is 2.48. The average molecular weight is 300 g/mol. The minimum Gasteiger partial charge on any atom is -0.214 e. The molecule has 0 spiro atoms. The van der Waals surface area contributed by atoms with Crippen molar-refractivity contribution in [3.05, 3.63) is 60.7 Å². The number of fused-ring (bicyclic) bond motifs is 2. The molecule has 3 unspecified atom stereocenters. The Balaban J connectivity index is 0.000000124. The second-order valence-corrected chi connectivity index (χ2v) is 6.72. The molecule has 0 radical (unpaired) electrons. The van der Waals surface area contributed by atoms with Crippen molar-refractivity contribution in [2.75, 3.05) is 0 Å². The van der Waals surface area contributed by atoms with E-state index in [1.54, 1.807) is 0 Å². The molecule has 0 saturated heterocycles. The second kappa shape index (κ2) is 7.91. The molecule has 1 heteroatoms. The number of rotatable bonds is 1. The molecule has 3 atom stereocenters. The zero-order valence-corrected chi connectivity index (χ0v) is 13.9. The predicted molar refractivity (Wildman–Crippen MR) is 83.7 cm³/mol. The molecule has 2 saturated carbocycles. The molecule has 0 heterocycles. The van der Waals surface area contributed by atoms with Crippen LogP contribution in [0.3, 0.4) is 0 Å². The van der Waals surface area contributed by atoms with Gasteiger partial charge >= 0.3 is 74.1 Å². The third-order valence-corrected chi connectivity index (χ3v) is 5.30. The van der Waals surface area contributed by atoms with E-state index in [2.05, 4.69) is 31.2 Å². The number of hydrogen-bond donors (Lipinski definition) is 0. The quantitative estimate of drug-likeness (QED) is 0.515. The molecule has 0 N–H and O–H groups in total. The van der Waals surface area contributed by atoms with E-state index in [-0.39, 0.29) is 0 Å². The molecule has 0 amide bonds. The first-order chi connectivity index (χ1) is 9.74. The van der Waals surface area contributed by atoms with Gasteiger partial charge in [0.05, 0.1) is 0 Å². The SMILES string of the molecule is CC12CCC(CC1[CH]=[Ti+2])C2.c1cc[cH-]c1.c1cc[cH-]c1. The molecule has 20 heavy (non-hydrogen) atoms. The Bertz CT molecular complexity index is 393. The molecule has 0 aliphatic heterocycles. The fourth-order valence-electron chi connectivity index (χ4n) is 3.49. The zero-order chi connectivity index (χ0) is 14.3. The van der Waals surface area contributed by atoms with Crippen LogP contribution in [0.2, 0.25) is 0 Å². The fraction of sp³-hybridized carbons (Fsp3) is 0.421. The molecule has 0 nitrogen and oxygen atoms in total. The molecule has 2 fully saturated rings. The van der Waals surface area contributed by atoms with Gasteiger partial charge in [0.15, 0.2) is 0 Å². The van der Waals surface area contributed by atoms with Crippen LogP contribution in [0.25, 0.3) is 0 Å². The Morgan fingerprint density at radius 1 is 1.05 bits per heavy atom. The van der Waals surface area contributed by atoms with Crippen molar-refractivity contribution >= 4 is 4.31 Å².